The number of benzene rings is 2. The first-order valence-electron chi connectivity index (χ1n) is 8.88. The van der Waals surface area contributed by atoms with Gasteiger partial charge >= 0.3 is 0 Å². The lowest BCUT2D eigenvalue weighted by Gasteiger charge is -2.34. The zero-order chi connectivity index (χ0) is 19.2. The van der Waals surface area contributed by atoms with Gasteiger partial charge in [-0.1, -0.05) is 11.6 Å². The topological polar surface area (TPSA) is 64.7 Å². The Labute approximate surface area is 164 Å². The minimum Gasteiger partial charge on any atom is -0.369 e. The lowest BCUT2D eigenvalue weighted by molar-refractivity contribution is -0.123. The highest BCUT2D eigenvalue weighted by Crippen LogP contribution is 2.19. The van der Waals surface area contributed by atoms with Gasteiger partial charge in [-0.2, -0.15) is 0 Å². The van der Waals surface area contributed by atoms with Crippen LogP contribution in [0.25, 0.3) is 0 Å². The van der Waals surface area contributed by atoms with E-state index in [2.05, 4.69) is 27.5 Å². The molecular formula is C20H23ClN4O2. The smallest absolute Gasteiger partial charge is 0.233 e. The van der Waals surface area contributed by atoms with Crippen molar-refractivity contribution in [1.29, 1.82) is 0 Å². The predicted octanol–water partition coefficient (Wildman–Crippen LogP) is 3.06. The molecule has 2 amide bonds. The first-order valence-corrected chi connectivity index (χ1v) is 9.26. The van der Waals surface area contributed by atoms with Gasteiger partial charge in [0.25, 0.3) is 0 Å². The van der Waals surface area contributed by atoms with Crippen LogP contribution in [0.5, 0.6) is 0 Å². The number of carbonyl (C=O) groups is 2. The van der Waals surface area contributed by atoms with Crippen LogP contribution < -0.4 is 15.5 Å². The normalized spacial score (nSPS) is 14.7. The maximum absolute atomic E-state index is 12.1. The summed E-state index contributed by atoms with van der Waals surface area (Å²) >= 11 is 5.81. The molecule has 6 nitrogen and oxygen atoms in total. The van der Waals surface area contributed by atoms with E-state index in [1.165, 1.54) is 0 Å². The summed E-state index contributed by atoms with van der Waals surface area (Å²) in [4.78, 5) is 28.7. The maximum atomic E-state index is 12.1. The van der Waals surface area contributed by atoms with E-state index in [0.717, 1.165) is 31.9 Å². The minimum atomic E-state index is -0.371. The SMILES string of the molecule is CN1CCN(c2ccc(NC(=O)CC(=O)Nc3ccc(Cl)cc3)cc2)CC1. The molecule has 0 atom stereocenters. The van der Waals surface area contributed by atoms with Gasteiger partial charge in [-0.25, -0.2) is 0 Å². The van der Waals surface area contributed by atoms with Crippen molar-refractivity contribution in [2.45, 2.75) is 6.42 Å². The number of likely N-dealkylation sites (N-methyl/N-ethyl adjacent to an activating group) is 1. The number of amides is 2. The molecule has 0 unspecified atom stereocenters. The van der Waals surface area contributed by atoms with Gasteiger partial charge in [-0.3, -0.25) is 9.59 Å². The molecule has 1 heterocycles. The minimum absolute atomic E-state index is 0.247. The number of piperazine rings is 1. The molecule has 2 aromatic rings. The van der Waals surface area contributed by atoms with E-state index in [-0.39, 0.29) is 18.2 Å². The fourth-order valence-corrected chi connectivity index (χ4v) is 3.04. The lowest BCUT2D eigenvalue weighted by Crippen LogP contribution is -2.44. The Hall–Kier alpha value is -2.57. The Kier molecular flexibility index (Phi) is 6.32. The summed E-state index contributed by atoms with van der Waals surface area (Å²) in [5.74, 6) is -0.724. The molecule has 1 aliphatic rings. The Morgan fingerprint density at radius 1 is 0.852 bits per heavy atom. The monoisotopic (exact) mass is 386 g/mol. The van der Waals surface area contributed by atoms with Gasteiger partial charge in [-0.15, -0.1) is 0 Å². The quantitative estimate of drug-likeness (QED) is 0.775. The van der Waals surface area contributed by atoms with Crippen molar-refractivity contribution in [2.75, 3.05) is 48.8 Å². The zero-order valence-electron chi connectivity index (χ0n) is 15.2. The van der Waals surface area contributed by atoms with Gasteiger partial charge < -0.3 is 20.4 Å². The number of halogens is 1. The molecule has 0 aromatic heterocycles. The average Bonchev–Trinajstić information content (AvgIpc) is 2.65. The van der Waals surface area contributed by atoms with Crippen molar-refractivity contribution in [3.8, 4) is 0 Å². The summed E-state index contributed by atoms with van der Waals surface area (Å²) in [5, 5.41) is 6.02. The second-order valence-electron chi connectivity index (χ2n) is 6.62. The summed E-state index contributed by atoms with van der Waals surface area (Å²) in [6.45, 7) is 4.07. The van der Waals surface area contributed by atoms with Crippen molar-refractivity contribution >= 4 is 40.5 Å². The van der Waals surface area contributed by atoms with Gasteiger partial charge in [0.1, 0.15) is 6.42 Å². The first-order chi connectivity index (χ1) is 13.0. The molecule has 0 saturated carbocycles. The Bertz CT molecular complexity index is 785. The van der Waals surface area contributed by atoms with E-state index in [0.29, 0.717) is 16.4 Å². The summed E-state index contributed by atoms with van der Waals surface area (Å²) in [6, 6.07) is 14.5. The highest BCUT2D eigenvalue weighted by molar-refractivity contribution is 6.30. The van der Waals surface area contributed by atoms with Crippen molar-refractivity contribution in [3.63, 3.8) is 0 Å². The third kappa shape index (κ3) is 5.70. The molecule has 2 N–H and O–H groups in total. The molecule has 3 rings (SSSR count). The van der Waals surface area contributed by atoms with Crippen LogP contribution in [-0.2, 0) is 9.59 Å². The summed E-state index contributed by atoms with van der Waals surface area (Å²) in [5.41, 5.74) is 2.42. The van der Waals surface area contributed by atoms with Crippen molar-refractivity contribution in [1.82, 2.24) is 4.90 Å². The Balaban J connectivity index is 1.48. The number of anilines is 3. The molecular weight excluding hydrogens is 364 g/mol. The van der Waals surface area contributed by atoms with Crippen LogP contribution in [0, 0.1) is 0 Å². The van der Waals surface area contributed by atoms with Gasteiger partial charge in [-0.05, 0) is 55.6 Å². The zero-order valence-corrected chi connectivity index (χ0v) is 16.0. The molecule has 27 heavy (non-hydrogen) atoms. The van der Waals surface area contributed by atoms with Gasteiger partial charge in [0, 0.05) is 48.3 Å². The van der Waals surface area contributed by atoms with Crippen LogP contribution in [-0.4, -0.2) is 49.9 Å². The van der Waals surface area contributed by atoms with E-state index in [1.807, 2.05) is 24.3 Å². The van der Waals surface area contributed by atoms with Crippen LogP contribution >= 0.6 is 11.6 Å². The van der Waals surface area contributed by atoms with Crippen molar-refractivity contribution < 1.29 is 9.59 Å². The number of nitrogens with one attached hydrogen (secondary N) is 2. The fraction of sp³-hybridized carbons (Fsp3) is 0.300. The highest BCUT2D eigenvalue weighted by Gasteiger charge is 2.14. The maximum Gasteiger partial charge on any atom is 0.233 e. The number of carbonyl (C=O) groups excluding carboxylic acids is 2. The Morgan fingerprint density at radius 2 is 1.33 bits per heavy atom. The predicted molar refractivity (Wildman–Crippen MR) is 109 cm³/mol. The van der Waals surface area contributed by atoms with Gasteiger partial charge in [0.05, 0.1) is 0 Å². The van der Waals surface area contributed by atoms with Crippen LogP contribution in [0.3, 0.4) is 0 Å². The molecule has 142 valence electrons. The van der Waals surface area contributed by atoms with E-state index in [4.69, 9.17) is 11.6 Å². The number of nitrogens with zero attached hydrogens (tertiary/aromatic N) is 2. The number of hydrogen-bond acceptors (Lipinski definition) is 4. The standard InChI is InChI=1S/C20H23ClN4O2/c1-24-10-12-25(13-11-24)18-8-6-17(7-9-18)23-20(27)14-19(26)22-16-4-2-15(21)3-5-16/h2-9H,10-14H2,1H3,(H,22,26)(H,23,27). The molecule has 0 aliphatic carbocycles. The second-order valence-corrected chi connectivity index (χ2v) is 7.05. The summed E-state index contributed by atoms with van der Waals surface area (Å²) in [6.07, 6.45) is -0.247. The van der Waals surface area contributed by atoms with Gasteiger partial charge in [0.2, 0.25) is 11.8 Å². The van der Waals surface area contributed by atoms with Crippen molar-refractivity contribution in [3.05, 3.63) is 53.6 Å². The van der Waals surface area contributed by atoms with Crippen LogP contribution in [0.1, 0.15) is 6.42 Å². The van der Waals surface area contributed by atoms with E-state index in [9.17, 15) is 9.59 Å². The number of rotatable bonds is 5. The van der Waals surface area contributed by atoms with Crippen LogP contribution in [0.4, 0.5) is 17.1 Å². The van der Waals surface area contributed by atoms with Crippen LogP contribution in [0.15, 0.2) is 48.5 Å². The lowest BCUT2D eigenvalue weighted by atomic mass is 10.2. The van der Waals surface area contributed by atoms with E-state index < -0.39 is 0 Å². The summed E-state index contributed by atoms with van der Waals surface area (Å²) < 4.78 is 0. The largest absolute Gasteiger partial charge is 0.369 e. The number of hydrogen-bond donors (Lipinski definition) is 2. The molecule has 2 aromatic carbocycles. The molecule has 7 heteroatoms. The fourth-order valence-electron chi connectivity index (χ4n) is 2.91. The van der Waals surface area contributed by atoms with E-state index in [1.54, 1.807) is 24.3 Å². The molecule has 1 saturated heterocycles. The van der Waals surface area contributed by atoms with Gasteiger partial charge in [0.15, 0.2) is 0 Å². The molecule has 1 fully saturated rings. The van der Waals surface area contributed by atoms with Crippen molar-refractivity contribution in [2.24, 2.45) is 0 Å². The first kappa shape index (κ1) is 19.2. The highest BCUT2D eigenvalue weighted by atomic mass is 35.5. The second kappa shape index (κ2) is 8.88. The third-order valence-corrected chi connectivity index (χ3v) is 4.72. The Morgan fingerprint density at radius 3 is 1.85 bits per heavy atom. The third-order valence-electron chi connectivity index (χ3n) is 4.47. The summed E-state index contributed by atoms with van der Waals surface area (Å²) in [7, 11) is 2.12. The average molecular weight is 387 g/mol. The van der Waals surface area contributed by atoms with Crippen LogP contribution in [0.2, 0.25) is 5.02 Å². The molecule has 0 spiro atoms. The molecule has 1 aliphatic heterocycles. The molecule has 0 bridgehead atoms. The van der Waals surface area contributed by atoms with E-state index >= 15 is 0 Å². The molecule has 0 radical (unpaired) electrons.